The van der Waals surface area contributed by atoms with Crippen LogP contribution >= 0.6 is 23.2 Å². The molecule has 2 N–H and O–H groups in total. The van der Waals surface area contributed by atoms with Crippen LogP contribution in [-0.4, -0.2) is 19.6 Å². The van der Waals surface area contributed by atoms with Gasteiger partial charge in [-0.05, 0) is 17.7 Å². The van der Waals surface area contributed by atoms with Crippen molar-refractivity contribution in [3.05, 3.63) is 40.9 Å². The topological polar surface area (TPSA) is 63.0 Å². The smallest absolute Gasteiger partial charge is 0.224 e. The minimum atomic E-state index is 0.0985. The number of hydrogen-bond acceptors (Lipinski definition) is 4. The van der Waals surface area contributed by atoms with Gasteiger partial charge >= 0.3 is 0 Å². The van der Waals surface area contributed by atoms with Gasteiger partial charge in [0, 0.05) is 18.6 Å². The standard InChI is InChI=1S/C13H10Cl2N4O/c1-19-6-7-3-2-4-9(10(7)12(19)20)17-11-8(14)5-16-13(15)18-11/h2-6,20H,1H3,(H,16,17,18). The number of anilines is 2. The van der Waals surface area contributed by atoms with Gasteiger partial charge in [-0.15, -0.1) is 0 Å². The zero-order valence-corrected chi connectivity index (χ0v) is 11.9. The number of rotatable bonds is 2. The van der Waals surface area contributed by atoms with E-state index in [9.17, 15) is 5.11 Å². The molecule has 1 aromatic carbocycles. The molecule has 0 aliphatic carbocycles. The fraction of sp³-hybridized carbons (Fsp3) is 0.0769. The molecular formula is C13H10Cl2N4O. The van der Waals surface area contributed by atoms with Gasteiger partial charge in [0.15, 0.2) is 5.82 Å². The Hall–Kier alpha value is -1.98. The van der Waals surface area contributed by atoms with Gasteiger partial charge in [-0.2, -0.15) is 4.98 Å². The molecule has 0 unspecified atom stereocenters. The van der Waals surface area contributed by atoms with Crippen molar-refractivity contribution in [2.45, 2.75) is 0 Å². The Morgan fingerprint density at radius 2 is 2.10 bits per heavy atom. The summed E-state index contributed by atoms with van der Waals surface area (Å²) >= 11 is 11.8. The number of fused-ring (bicyclic) bond motifs is 1. The van der Waals surface area contributed by atoms with Crippen LogP contribution in [0.1, 0.15) is 0 Å². The molecular weight excluding hydrogens is 299 g/mol. The summed E-state index contributed by atoms with van der Waals surface area (Å²) in [6.45, 7) is 0. The normalized spacial score (nSPS) is 10.9. The van der Waals surface area contributed by atoms with Crippen molar-refractivity contribution in [1.29, 1.82) is 0 Å². The van der Waals surface area contributed by atoms with E-state index in [4.69, 9.17) is 23.2 Å². The summed E-state index contributed by atoms with van der Waals surface area (Å²) in [4.78, 5) is 7.83. The summed E-state index contributed by atoms with van der Waals surface area (Å²) in [6, 6.07) is 5.62. The number of nitrogens with zero attached hydrogens (tertiary/aromatic N) is 3. The third-order valence-electron chi connectivity index (χ3n) is 2.95. The number of halogens is 2. The van der Waals surface area contributed by atoms with Crippen LogP contribution in [0.3, 0.4) is 0 Å². The largest absolute Gasteiger partial charge is 0.494 e. The summed E-state index contributed by atoms with van der Waals surface area (Å²) < 4.78 is 1.64. The molecule has 0 bridgehead atoms. The maximum absolute atomic E-state index is 10.1. The molecule has 5 nitrogen and oxygen atoms in total. The Kier molecular flexibility index (Phi) is 3.16. The van der Waals surface area contributed by atoms with Crippen molar-refractivity contribution >= 4 is 45.5 Å². The Morgan fingerprint density at radius 3 is 2.90 bits per heavy atom. The Morgan fingerprint density at radius 1 is 1.30 bits per heavy atom. The van der Waals surface area contributed by atoms with Crippen LogP contribution in [0.5, 0.6) is 5.88 Å². The molecule has 0 aliphatic rings. The molecule has 7 heteroatoms. The molecule has 2 heterocycles. The fourth-order valence-corrected chi connectivity index (χ4v) is 2.31. The van der Waals surface area contributed by atoms with E-state index in [1.54, 1.807) is 11.6 Å². The van der Waals surface area contributed by atoms with Crippen LogP contribution in [0.25, 0.3) is 10.8 Å². The molecule has 0 radical (unpaired) electrons. The maximum Gasteiger partial charge on any atom is 0.224 e. The van der Waals surface area contributed by atoms with Gasteiger partial charge in [-0.25, -0.2) is 4.98 Å². The van der Waals surface area contributed by atoms with Crippen LogP contribution in [0.15, 0.2) is 30.6 Å². The Labute approximate surface area is 124 Å². The summed E-state index contributed by atoms with van der Waals surface area (Å²) in [5.41, 5.74) is 0.692. The molecule has 0 aliphatic heterocycles. The Bertz CT molecular complexity index is 800. The van der Waals surface area contributed by atoms with Gasteiger partial charge in [-0.3, -0.25) is 0 Å². The van der Waals surface area contributed by atoms with Crippen molar-refractivity contribution in [1.82, 2.24) is 14.5 Å². The number of benzene rings is 1. The van der Waals surface area contributed by atoms with Crippen LogP contribution in [0.2, 0.25) is 10.3 Å². The third-order valence-corrected chi connectivity index (χ3v) is 3.41. The van der Waals surface area contributed by atoms with Crippen molar-refractivity contribution in [3.8, 4) is 5.88 Å². The summed E-state index contributed by atoms with van der Waals surface area (Å²) in [5, 5.41) is 15.2. The van der Waals surface area contributed by atoms with E-state index >= 15 is 0 Å². The molecule has 20 heavy (non-hydrogen) atoms. The number of nitrogens with one attached hydrogen (secondary N) is 1. The van der Waals surface area contributed by atoms with Gasteiger partial charge in [0.2, 0.25) is 11.2 Å². The van der Waals surface area contributed by atoms with Crippen LogP contribution < -0.4 is 5.32 Å². The lowest BCUT2D eigenvalue weighted by Crippen LogP contribution is -1.96. The molecule has 3 aromatic rings. The van der Waals surface area contributed by atoms with Gasteiger partial charge in [0.05, 0.1) is 17.3 Å². The van der Waals surface area contributed by atoms with Gasteiger partial charge in [0.25, 0.3) is 0 Å². The number of hydrogen-bond donors (Lipinski definition) is 2. The van der Waals surface area contributed by atoms with E-state index in [1.165, 1.54) is 6.20 Å². The minimum absolute atomic E-state index is 0.0985. The molecule has 102 valence electrons. The summed E-state index contributed by atoms with van der Waals surface area (Å²) in [7, 11) is 1.77. The lowest BCUT2D eigenvalue weighted by molar-refractivity contribution is 0.438. The van der Waals surface area contributed by atoms with E-state index in [0.29, 0.717) is 21.9 Å². The number of aryl methyl sites for hydroxylation is 1. The van der Waals surface area contributed by atoms with Crippen LogP contribution in [0.4, 0.5) is 11.5 Å². The zero-order valence-electron chi connectivity index (χ0n) is 10.4. The zero-order chi connectivity index (χ0) is 14.3. The molecule has 0 saturated carbocycles. The van der Waals surface area contributed by atoms with Crippen molar-refractivity contribution < 1.29 is 5.11 Å². The van der Waals surface area contributed by atoms with Crippen molar-refractivity contribution in [2.75, 3.05) is 5.32 Å². The van der Waals surface area contributed by atoms with E-state index in [-0.39, 0.29) is 11.2 Å². The number of aromatic nitrogens is 3. The van der Waals surface area contributed by atoms with Crippen LogP contribution in [0, 0.1) is 0 Å². The van der Waals surface area contributed by atoms with Gasteiger partial charge in [-0.1, -0.05) is 23.7 Å². The molecule has 0 amide bonds. The second-order valence-corrected chi connectivity index (χ2v) is 5.04. The summed E-state index contributed by atoms with van der Waals surface area (Å²) in [6.07, 6.45) is 3.26. The second-order valence-electron chi connectivity index (χ2n) is 4.29. The first-order valence-electron chi connectivity index (χ1n) is 5.78. The van der Waals surface area contributed by atoms with Gasteiger partial charge < -0.3 is 15.0 Å². The molecule has 0 atom stereocenters. The highest BCUT2D eigenvalue weighted by Gasteiger charge is 2.12. The quantitative estimate of drug-likeness (QED) is 0.708. The lowest BCUT2D eigenvalue weighted by atomic mass is 10.2. The monoisotopic (exact) mass is 308 g/mol. The molecule has 2 aromatic heterocycles. The first-order valence-corrected chi connectivity index (χ1v) is 6.54. The SMILES string of the molecule is Cn1cc2cccc(Nc3nc(Cl)ncc3Cl)c2c1O. The van der Waals surface area contributed by atoms with E-state index in [1.807, 2.05) is 24.4 Å². The first-order chi connectivity index (χ1) is 9.56. The fourth-order valence-electron chi connectivity index (χ4n) is 2.04. The highest BCUT2D eigenvalue weighted by atomic mass is 35.5. The van der Waals surface area contributed by atoms with E-state index < -0.39 is 0 Å². The lowest BCUT2D eigenvalue weighted by Gasteiger charge is -2.09. The van der Waals surface area contributed by atoms with Gasteiger partial charge in [0.1, 0.15) is 5.02 Å². The van der Waals surface area contributed by atoms with E-state index in [2.05, 4.69) is 15.3 Å². The maximum atomic E-state index is 10.1. The van der Waals surface area contributed by atoms with Crippen molar-refractivity contribution in [3.63, 3.8) is 0 Å². The van der Waals surface area contributed by atoms with Crippen LogP contribution in [-0.2, 0) is 7.05 Å². The average molecular weight is 309 g/mol. The minimum Gasteiger partial charge on any atom is -0.494 e. The average Bonchev–Trinajstić information content (AvgIpc) is 2.71. The highest BCUT2D eigenvalue weighted by molar-refractivity contribution is 6.33. The first kappa shape index (κ1) is 13.0. The second kappa shape index (κ2) is 4.85. The molecule has 3 rings (SSSR count). The molecule has 0 fully saturated rings. The molecule has 0 spiro atoms. The third kappa shape index (κ3) is 2.15. The molecule has 0 saturated heterocycles. The number of aromatic hydroxyl groups is 1. The highest BCUT2D eigenvalue weighted by Crippen LogP contribution is 2.35. The predicted octanol–water partition coefficient (Wildman–Crippen LogP) is 3.72. The van der Waals surface area contributed by atoms with Crippen molar-refractivity contribution in [2.24, 2.45) is 7.05 Å². The Balaban J connectivity index is 2.13. The summed E-state index contributed by atoms with van der Waals surface area (Å²) in [5.74, 6) is 0.557. The predicted molar refractivity (Wildman–Crippen MR) is 79.9 cm³/mol. The van der Waals surface area contributed by atoms with E-state index in [0.717, 1.165) is 5.39 Å².